The van der Waals surface area contributed by atoms with E-state index in [1.807, 2.05) is 47.8 Å². The zero-order valence-electron chi connectivity index (χ0n) is 11.3. The molecule has 2 heterocycles. The van der Waals surface area contributed by atoms with E-state index in [0.29, 0.717) is 6.42 Å². The molecule has 1 aliphatic rings. The fraction of sp³-hybridized carbons (Fsp3) is 0.250. The highest BCUT2D eigenvalue weighted by atomic mass is 32.1. The average Bonchev–Trinajstić information content (AvgIpc) is 3.01. The van der Waals surface area contributed by atoms with E-state index >= 15 is 0 Å². The number of benzene rings is 1. The van der Waals surface area contributed by atoms with Crippen LogP contribution in [0.4, 0.5) is 5.69 Å². The number of aliphatic carboxylic acids is 1. The number of nitrogens with zero attached hydrogens (tertiary/aromatic N) is 1. The van der Waals surface area contributed by atoms with Crippen molar-refractivity contribution in [2.24, 2.45) is 5.92 Å². The van der Waals surface area contributed by atoms with Gasteiger partial charge in [0.15, 0.2) is 0 Å². The Hall–Kier alpha value is -2.14. The molecule has 4 nitrogen and oxygen atoms in total. The van der Waals surface area contributed by atoms with Crippen molar-refractivity contribution in [2.75, 3.05) is 4.90 Å². The van der Waals surface area contributed by atoms with Crippen molar-refractivity contribution in [1.82, 2.24) is 0 Å². The molecular weight excluding hydrogens is 286 g/mol. The molecule has 1 fully saturated rings. The van der Waals surface area contributed by atoms with Gasteiger partial charge in [0.1, 0.15) is 0 Å². The van der Waals surface area contributed by atoms with Crippen LogP contribution >= 0.6 is 11.3 Å². The van der Waals surface area contributed by atoms with Crippen LogP contribution in [0.3, 0.4) is 0 Å². The number of hydrogen-bond acceptors (Lipinski definition) is 3. The maximum absolute atomic E-state index is 12.4. The highest BCUT2D eigenvalue weighted by Gasteiger charge is 2.41. The Balaban J connectivity index is 2.08. The summed E-state index contributed by atoms with van der Waals surface area (Å²) in [5.74, 6) is -1.43. The van der Waals surface area contributed by atoms with Gasteiger partial charge in [-0.15, -0.1) is 11.3 Å². The first-order valence-electron chi connectivity index (χ1n) is 6.82. The van der Waals surface area contributed by atoms with Crippen LogP contribution in [0.5, 0.6) is 0 Å². The van der Waals surface area contributed by atoms with Crippen molar-refractivity contribution in [3.05, 3.63) is 52.7 Å². The van der Waals surface area contributed by atoms with Crippen molar-refractivity contribution in [3.63, 3.8) is 0 Å². The van der Waals surface area contributed by atoms with E-state index in [2.05, 4.69) is 0 Å². The van der Waals surface area contributed by atoms with Crippen LogP contribution in [0.15, 0.2) is 47.8 Å². The number of para-hydroxylation sites is 1. The van der Waals surface area contributed by atoms with Gasteiger partial charge in [0.2, 0.25) is 5.91 Å². The summed E-state index contributed by atoms with van der Waals surface area (Å²) in [5, 5.41) is 11.4. The summed E-state index contributed by atoms with van der Waals surface area (Å²) in [6.07, 6.45) is 0.661. The second-order valence-corrected chi connectivity index (χ2v) is 6.02. The Morgan fingerprint density at radius 2 is 1.95 bits per heavy atom. The molecule has 1 amide bonds. The molecule has 1 aromatic carbocycles. The molecule has 0 radical (unpaired) electrons. The molecule has 1 aromatic heterocycles. The van der Waals surface area contributed by atoms with Gasteiger partial charge in [-0.05, 0) is 30.0 Å². The number of carboxylic acids is 1. The highest BCUT2D eigenvalue weighted by Crippen LogP contribution is 2.41. The lowest BCUT2D eigenvalue weighted by Gasteiger charge is -2.39. The third kappa shape index (κ3) is 2.56. The van der Waals surface area contributed by atoms with Gasteiger partial charge in [0, 0.05) is 17.0 Å². The minimum Gasteiger partial charge on any atom is -0.481 e. The van der Waals surface area contributed by atoms with Gasteiger partial charge in [0.05, 0.1) is 12.0 Å². The molecule has 2 aromatic rings. The smallest absolute Gasteiger partial charge is 0.309 e. The van der Waals surface area contributed by atoms with Gasteiger partial charge in [-0.25, -0.2) is 0 Å². The third-order valence-corrected chi connectivity index (χ3v) is 4.73. The van der Waals surface area contributed by atoms with Crippen LogP contribution < -0.4 is 4.90 Å². The number of amides is 1. The molecule has 1 saturated heterocycles. The van der Waals surface area contributed by atoms with E-state index in [0.717, 1.165) is 10.6 Å². The average molecular weight is 301 g/mol. The summed E-state index contributed by atoms with van der Waals surface area (Å²) in [6.45, 7) is 0. The van der Waals surface area contributed by atoms with Crippen molar-refractivity contribution < 1.29 is 14.7 Å². The lowest BCUT2D eigenvalue weighted by Crippen LogP contribution is -2.45. The SMILES string of the molecule is O=C(O)C1CCC(=O)N(c2ccccc2)C1c1cccs1. The summed E-state index contributed by atoms with van der Waals surface area (Å²) in [6, 6.07) is 12.7. The molecule has 3 rings (SSSR count). The number of anilines is 1. The number of carbonyl (C=O) groups is 2. The molecule has 1 aliphatic heterocycles. The van der Waals surface area contributed by atoms with Crippen LogP contribution in [0.1, 0.15) is 23.8 Å². The molecule has 0 bridgehead atoms. The Kier molecular flexibility index (Phi) is 3.75. The van der Waals surface area contributed by atoms with Crippen LogP contribution in [0.25, 0.3) is 0 Å². The van der Waals surface area contributed by atoms with E-state index in [9.17, 15) is 14.7 Å². The summed E-state index contributed by atoms with van der Waals surface area (Å²) in [4.78, 5) is 26.6. The first kappa shape index (κ1) is 13.8. The quantitative estimate of drug-likeness (QED) is 0.946. The number of piperidine rings is 1. The Morgan fingerprint density at radius 3 is 2.57 bits per heavy atom. The largest absolute Gasteiger partial charge is 0.481 e. The Labute approximate surface area is 126 Å². The number of thiophene rings is 1. The van der Waals surface area contributed by atoms with Crippen LogP contribution in [-0.4, -0.2) is 17.0 Å². The van der Waals surface area contributed by atoms with Gasteiger partial charge < -0.3 is 10.0 Å². The Morgan fingerprint density at radius 1 is 1.19 bits per heavy atom. The lowest BCUT2D eigenvalue weighted by molar-refractivity contribution is -0.144. The predicted molar refractivity (Wildman–Crippen MR) is 81.3 cm³/mol. The zero-order chi connectivity index (χ0) is 14.8. The highest BCUT2D eigenvalue weighted by molar-refractivity contribution is 7.10. The van der Waals surface area contributed by atoms with Crippen LogP contribution in [0.2, 0.25) is 0 Å². The molecule has 2 unspecified atom stereocenters. The van der Waals surface area contributed by atoms with E-state index in [1.54, 1.807) is 4.90 Å². The second-order valence-electron chi connectivity index (χ2n) is 5.04. The molecule has 21 heavy (non-hydrogen) atoms. The molecular formula is C16H15NO3S. The van der Waals surface area contributed by atoms with E-state index < -0.39 is 17.9 Å². The molecule has 0 aliphatic carbocycles. The molecule has 0 saturated carbocycles. The molecule has 2 atom stereocenters. The molecule has 108 valence electrons. The minimum absolute atomic E-state index is 0.0166. The number of carboxylic acid groups (broad SMARTS) is 1. The minimum atomic E-state index is -0.846. The second kappa shape index (κ2) is 5.69. The fourth-order valence-electron chi connectivity index (χ4n) is 2.83. The van der Waals surface area contributed by atoms with Crippen molar-refractivity contribution in [1.29, 1.82) is 0 Å². The zero-order valence-corrected chi connectivity index (χ0v) is 12.1. The van der Waals surface area contributed by atoms with Crippen molar-refractivity contribution in [3.8, 4) is 0 Å². The van der Waals surface area contributed by atoms with E-state index in [4.69, 9.17) is 0 Å². The third-order valence-electron chi connectivity index (χ3n) is 3.78. The number of carbonyl (C=O) groups excluding carboxylic acids is 1. The van der Waals surface area contributed by atoms with Crippen molar-refractivity contribution in [2.45, 2.75) is 18.9 Å². The van der Waals surface area contributed by atoms with Crippen LogP contribution in [-0.2, 0) is 9.59 Å². The molecule has 1 N–H and O–H groups in total. The van der Waals surface area contributed by atoms with Gasteiger partial charge in [-0.3, -0.25) is 9.59 Å². The monoisotopic (exact) mass is 301 g/mol. The standard InChI is InChI=1S/C16H15NO3S/c18-14-9-8-12(16(19)20)15(13-7-4-10-21-13)17(14)11-5-2-1-3-6-11/h1-7,10,12,15H,8-9H2,(H,19,20). The summed E-state index contributed by atoms with van der Waals surface area (Å²) in [5.41, 5.74) is 0.756. The summed E-state index contributed by atoms with van der Waals surface area (Å²) in [7, 11) is 0. The number of rotatable bonds is 3. The summed E-state index contributed by atoms with van der Waals surface area (Å²) >= 11 is 1.49. The molecule has 0 spiro atoms. The van der Waals surface area contributed by atoms with E-state index in [-0.39, 0.29) is 12.3 Å². The van der Waals surface area contributed by atoms with Gasteiger partial charge in [0.25, 0.3) is 0 Å². The van der Waals surface area contributed by atoms with Crippen molar-refractivity contribution >= 4 is 28.9 Å². The first-order chi connectivity index (χ1) is 10.2. The normalized spacial score (nSPS) is 22.3. The maximum atomic E-state index is 12.4. The first-order valence-corrected chi connectivity index (χ1v) is 7.70. The summed E-state index contributed by atoms with van der Waals surface area (Å²) < 4.78 is 0. The lowest BCUT2D eigenvalue weighted by atomic mass is 9.87. The predicted octanol–water partition coefficient (Wildman–Crippen LogP) is 3.32. The van der Waals surface area contributed by atoms with Crippen LogP contribution in [0, 0.1) is 5.92 Å². The fourth-order valence-corrected chi connectivity index (χ4v) is 3.71. The number of hydrogen-bond donors (Lipinski definition) is 1. The topological polar surface area (TPSA) is 57.6 Å². The Bertz CT molecular complexity index is 639. The van der Waals surface area contributed by atoms with Gasteiger partial charge >= 0.3 is 5.97 Å². The van der Waals surface area contributed by atoms with Gasteiger partial charge in [-0.1, -0.05) is 24.3 Å². The maximum Gasteiger partial charge on any atom is 0.309 e. The van der Waals surface area contributed by atoms with Gasteiger partial charge in [-0.2, -0.15) is 0 Å². The van der Waals surface area contributed by atoms with E-state index in [1.165, 1.54) is 11.3 Å². The molecule has 5 heteroatoms.